The van der Waals surface area contributed by atoms with Gasteiger partial charge in [0.2, 0.25) is 0 Å². The Morgan fingerprint density at radius 3 is 2.26 bits per heavy atom. The van der Waals surface area contributed by atoms with Crippen LogP contribution >= 0.6 is 0 Å². The van der Waals surface area contributed by atoms with E-state index in [1.54, 1.807) is 0 Å². The van der Waals surface area contributed by atoms with Crippen LogP contribution in [0.25, 0.3) is 0 Å². The van der Waals surface area contributed by atoms with Crippen molar-refractivity contribution in [1.82, 2.24) is 0 Å². The van der Waals surface area contributed by atoms with Crippen molar-refractivity contribution in [2.24, 2.45) is 11.8 Å². The Morgan fingerprint density at radius 1 is 0.963 bits per heavy atom. The van der Waals surface area contributed by atoms with Crippen molar-refractivity contribution >= 4 is 5.97 Å². The molecule has 0 aromatic heterocycles. The molecule has 0 heterocycles. The second-order valence-corrected chi connectivity index (χ2v) is 8.04. The predicted molar refractivity (Wildman–Crippen MR) is 114 cm³/mol. The van der Waals surface area contributed by atoms with Crippen LogP contribution in [0.15, 0.2) is 6.07 Å². The summed E-state index contributed by atoms with van der Waals surface area (Å²) in [6, 6.07) is 2.20. The molecule has 2 atom stereocenters. The molecule has 0 aliphatic heterocycles. The summed E-state index contributed by atoms with van der Waals surface area (Å²) >= 11 is 0. The van der Waals surface area contributed by atoms with Gasteiger partial charge >= 0.3 is 5.97 Å². The molecule has 3 heteroatoms. The average molecular weight is 377 g/mol. The van der Waals surface area contributed by atoms with E-state index in [2.05, 4.69) is 40.7 Å². The third-order valence-electron chi connectivity index (χ3n) is 5.61. The van der Waals surface area contributed by atoms with Gasteiger partial charge in [0.05, 0.1) is 13.2 Å². The topological polar surface area (TPSA) is 35.5 Å². The van der Waals surface area contributed by atoms with Crippen LogP contribution in [-0.4, -0.2) is 19.2 Å². The average Bonchev–Trinajstić information content (AvgIpc) is 2.59. The lowest BCUT2D eigenvalue weighted by Crippen LogP contribution is -2.10. The quantitative estimate of drug-likeness (QED) is 0.399. The predicted octanol–water partition coefficient (Wildman–Crippen LogP) is 6.34. The number of rotatable bonds is 12. The van der Waals surface area contributed by atoms with E-state index in [9.17, 15) is 4.79 Å². The van der Waals surface area contributed by atoms with Crippen molar-refractivity contribution in [3.63, 3.8) is 0 Å². The van der Waals surface area contributed by atoms with Gasteiger partial charge in [-0.1, -0.05) is 33.1 Å². The fraction of sp³-hybridized carbons (Fsp3) is 0.708. The van der Waals surface area contributed by atoms with Crippen LogP contribution in [0.2, 0.25) is 0 Å². The first-order valence-electron chi connectivity index (χ1n) is 10.7. The zero-order chi connectivity index (χ0) is 20.4. The van der Waals surface area contributed by atoms with Gasteiger partial charge in [-0.2, -0.15) is 0 Å². The molecule has 1 rings (SSSR count). The van der Waals surface area contributed by atoms with Crippen LogP contribution in [0.5, 0.6) is 5.75 Å². The van der Waals surface area contributed by atoms with E-state index in [-0.39, 0.29) is 5.97 Å². The van der Waals surface area contributed by atoms with E-state index in [1.807, 2.05) is 13.8 Å². The molecular weight excluding hydrogens is 336 g/mol. The molecule has 0 aliphatic rings. The molecule has 0 saturated heterocycles. The van der Waals surface area contributed by atoms with Crippen molar-refractivity contribution in [2.75, 3.05) is 13.2 Å². The Balaban J connectivity index is 2.45. The molecule has 0 bridgehead atoms. The van der Waals surface area contributed by atoms with E-state index in [1.165, 1.54) is 41.5 Å². The molecule has 0 amide bonds. The van der Waals surface area contributed by atoms with Crippen LogP contribution in [0.4, 0.5) is 0 Å². The second-order valence-electron chi connectivity index (χ2n) is 8.04. The molecule has 1 aromatic rings. The molecule has 2 unspecified atom stereocenters. The Morgan fingerprint density at radius 2 is 1.63 bits per heavy atom. The summed E-state index contributed by atoms with van der Waals surface area (Å²) in [5, 5.41) is 0. The van der Waals surface area contributed by atoms with Crippen LogP contribution in [-0.2, 0) is 16.0 Å². The SMILES string of the molecule is CCOC(=O)CC(C)CCCC(C)CCc1c(C)cc(OCC)c(C)c1C. The smallest absolute Gasteiger partial charge is 0.306 e. The van der Waals surface area contributed by atoms with Crippen molar-refractivity contribution in [3.05, 3.63) is 28.3 Å². The summed E-state index contributed by atoms with van der Waals surface area (Å²) in [4.78, 5) is 11.5. The Kier molecular flexibility index (Phi) is 10.5. The van der Waals surface area contributed by atoms with Gasteiger partial charge in [-0.25, -0.2) is 0 Å². The lowest BCUT2D eigenvalue weighted by Gasteiger charge is -2.19. The van der Waals surface area contributed by atoms with E-state index < -0.39 is 0 Å². The Labute approximate surface area is 166 Å². The first-order chi connectivity index (χ1) is 12.8. The van der Waals surface area contributed by atoms with Crippen LogP contribution in [0, 0.1) is 32.6 Å². The first-order valence-corrected chi connectivity index (χ1v) is 10.7. The molecule has 154 valence electrons. The van der Waals surface area contributed by atoms with Gasteiger partial charge in [-0.15, -0.1) is 0 Å². The van der Waals surface area contributed by atoms with Crippen LogP contribution in [0.1, 0.15) is 82.1 Å². The zero-order valence-electron chi connectivity index (χ0n) is 18.6. The summed E-state index contributed by atoms with van der Waals surface area (Å²) < 4.78 is 10.8. The maximum Gasteiger partial charge on any atom is 0.306 e. The van der Waals surface area contributed by atoms with Crippen molar-refractivity contribution in [2.45, 2.75) is 87.0 Å². The second kappa shape index (κ2) is 12.0. The standard InChI is InChI=1S/C24H40O3/c1-8-26-23-16-19(5)22(20(6)21(23)7)14-13-17(3)11-10-12-18(4)15-24(25)27-9-2/h16-18H,8-15H2,1-7H3. The van der Waals surface area contributed by atoms with Gasteiger partial charge in [-0.05, 0) is 87.6 Å². The van der Waals surface area contributed by atoms with Crippen molar-refractivity contribution in [3.8, 4) is 5.75 Å². The van der Waals surface area contributed by atoms with E-state index >= 15 is 0 Å². The third kappa shape index (κ3) is 7.94. The molecule has 0 N–H and O–H groups in total. The van der Waals surface area contributed by atoms with E-state index in [0.717, 1.165) is 18.6 Å². The molecule has 0 fully saturated rings. The lowest BCUT2D eigenvalue weighted by molar-refractivity contribution is -0.144. The van der Waals surface area contributed by atoms with Gasteiger partial charge in [-0.3, -0.25) is 4.79 Å². The molecule has 0 saturated carbocycles. The Bertz CT molecular complexity index is 592. The minimum atomic E-state index is -0.0603. The fourth-order valence-electron chi connectivity index (χ4n) is 3.75. The summed E-state index contributed by atoms with van der Waals surface area (Å²) in [6.45, 7) is 16.2. The summed E-state index contributed by atoms with van der Waals surface area (Å²) in [5.41, 5.74) is 5.49. The number of ether oxygens (including phenoxy) is 2. The fourth-order valence-corrected chi connectivity index (χ4v) is 3.75. The highest BCUT2D eigenvalue weighted by molar-refractivity contribution is 5.69. The molecule has 0 radical (unpaired) electrons. The molecular formula is C24H40O3. The maximum absolute atomic E-state index is 11.5. The summed E-state index contributed by atoms with van der Waals surface area (Å²) in [7, 11) is 0. The molecule has 0 aliphatic carbocycles. The molecule has 1 aromatic carbocycles. The molecule has 0 spiro atoms. The lowest BCUT2D eigenvalue weighted by atomic mass is 9.89. The Hall–Kier alpha value is -1.51. The van der Waals surface area contributed by atoms with Crippen LogP contribution in [0.3, 0.4) is 0 Å². The number of aryl methyl sites for hydroxylation is 1. The van der Waals surface area contributed by atoms with E-state index in [0.29, 0.717) is 31.5 Å². The van der Waals surface area contributed by atoms with Gasteiger partial charge in [0, 0.05) is 6.42 Å². The number of benzene rings is 1. The maximum atomic E-state index is 11.5. The van der Waals surface area contributed by atoms with Gasteiger partial charge < -0.3 is 9.47 Å². The third-order valence-corrected chi connectivity index (χ3v) is 5.61. The van der Waals surface area contributed by atoms with Crippen LogP contribution < -0.4 is 4.74 Å². The van der Waals surface area contributed by atoms with Gasteiger partial charge in [0.15, 0.2) is 0 Å². The normalized spacial score (nSPS) is 13.3. The number of hydrogen-bond acceptors (Lipinski definition) is 3. The first kappa shape index (κ1) is 23.5. The van der Waals surface area contributed by atoms with Crippen molar-refractivity contribution < 1.29 is 14.3 Å². The number of carbonyl (C=O) groups excluding carboxylic acids is 1. The summed E-state index contributed by atoms with van der Waals surface area (Å²) in [6.07, 6.45) is 6.39. The minimum absolute atomic E-state index is 0.0603. The highest BCUT2D eigenvalue weighted by atomic mass is 16.5. The zero-order valence-corrected chi connectivity index (χ0v) is 18.6. The number of esters is 1. The molecule has 27 heavy (non-hydrogen) atoms. The van der Waals surface area contributed by atoms with Gasteiger partial charge in [0.25, 0.3) is 0 Å². The molecule has 3 nitrogen and oxygen atoms in total. The highest BCUT2D eigenvalue weighted by Gasteiger charge is 2.14. The monoisotopic (exact) mass is 376 g/mol. The minimum Gasteiger partial charge on any atom is -0.494 e. The highest BCUT2D eigenvalue weighted by Crippen LogP contribution is 2.30. The number of hydrogen-bond donors (Lipinski definition) is 0. The van der Waals surface area contributed by atoms with E-state index in [4.69, 9.17) is 9.47 Å². The van der Waals surface area contributed by atoms with Crippen molar-refractivity contribution in [1.29, 1.82) is 0 Å². The largest absolute Gasteiger partial charge is 0.494 e. The van der Waals surface area contributed by atoms with Gasteiger partial charge in [0.1, 0.15) is 5.75 Å². The number of carbonyl (C=O) groups is 1. The summed E-state index contributed by atoms with van der Waals surface area (Å²) in [5.74, 6) is 2.08.